The second-order valence-corrected chi connectivity index (χ2v) is 3.81. The molecule has 0 aliphatic heterocycles. The Labute approximate surface area is 64.0 Å². The molecule has 10 heavy (non-hydrogen) atoms. The lowest BCUT2D eigenvalue weighted by atomic mass is 9.79. The summed E-state index contributed by atoms with van der Waals surface area (Å²) in [7, 11) is 0. The van der Waals surface area contributed by atoms with Gasteiger partial charge in [0.1, 0.15) is 0 Å². The largest absolute Gasteiger partial charge is 0.390 e. The summed E-state index contributed by atoms with van der Waals surface area (Å²) in [4.78, 5) is 0. The maximum Gasteiger partial charge on any atom is 0.0639 e. The molecule has 0 aliphatic rings. The minimum absolute atomic E-state index is 0. The molecule has 0 amide bonds. The van der Waals surface area contributed by atoms with Crippen LogP contribution in [0, 0.1) is 5.41 Å². The summed E-state index contributed by atoms with van der Waals surface area (Å²) in [5.74, 6) is 0. The molecule has 0 atom stereocenters. The Hall–Kier alpha value is -0.120. The first-order valence-electron chi connectivity index (χ1n) is 2.97. The van der Waals surface area contributed by atoms with E-state index in [0.29, 0.717) is 0 Å². The monoisotopic (exact) mass is 150 g/mol. The van der Waals surface area contributed by atoms with E-state index in [1.165, 1.54) is 0 Å². The summed E-state index contributed by atoms with van der Waals surface area (Å²) in [5, 5.41) is 9.35. The third kappa shape index (κ3) is 4.73. The van der Waals surface area contributed by atoms with E-state index in [2.05, 4.69) is 0 Å². The van der Waals surface area contributed by atoms with Crippen molar-refractivity contribution in [2.24, 2.45) is 5.41 Å². The van der Waals surface area contributed by atoms with Crippen LogP contribution in [0.5, 0.6) is 0 Å². The minimum Gasteiger partial charge on any atom is -0.390 e. The van der Waals surface area contributed by atoms with Crippen LogP contribution in [0.25, 0.3) is 0 Å². The highest BCUT2D eigenvalue weighted by molar-refractivity contribution is 4.80. The third-order valence-corrected chi connectivity index (χ3v) is 1.84. The highest BCUT2D eigenvalue weighted by Gasteiger charge is 2.29. The zero-order valence-electron chi connectivity index (χ0n) is 7.86. The normalized spacial score (nSPS) is 11.4. The quantitative estimate of drug-likeness (QED) is 0.494. The highest BCUT2D eigenvalue weighted by Crippen LogP contribution is 2.28. The van der Waals surface area contributed by atoms with E-state index in [-0.39, 0.29) is 17.7 Å². The van der Waals surface area contributed by atoms with Gasteiger partial charge in [0, 0.05) is 0 Å². The van der Waals surface area contributed by atoms with Gasteiger partial charge in [-0.1, -0.05) is 20.8 Å². The maximum atomic E-state index is 9.35. The lowest BCUT2D eigenvalue weighted by Crippen LogP contribution is -2.35. The van der Waals surface area contributed by atoms with Gasteiger partial charge in [0.2, 0.25) is 0 Å². The van der Waals surface area contributed by atoms with Crippen LogP contribution >= 0.6 is 0 Å². The molecule has 0 saturated heterocycles. The van der Waals surface area contributed by atoms with E-state index < -0.39 is 5.60 Å². The van der Waals surface area contributed by atoms with Crippen LogP contribution in [0.15, 0.2) is 0 Å². The van der Waals surface area contributed by atoms with E-state index in [0.717, 1.165) is 0 Å². The molecule has 3 heteroatoms. The fraction of sp³-hybridized carbons (Fsp3) is 1.00. The van der Waals surface area contributed by atoms with E-state index in [9.17, 15) is 5.11 Å². The van der Waals surface area contributed by atoms with Crippen LogP contribution in [0.3, 0.4) is 0 Å². The van der Waals surface area contributed by atoms with Gasteiger partial charge in [0.15, 0.2) is 0 Å². The number of hydrogen-bond donors (Lipinski definition) is 3. The van der Waals surface area contributed by atoms with Crippen LogP contribution in [0.2, 0.25) is 0 Å². The number of hydrogen-bond acceptors (Lipinski definition) is 3. The topological polar surface area (TPSA) is 90.2 Å². The summed E-state index contributed by atoms with van der Waals surface area (Å²) in [6.07, 6.45) is 0. The summed E-state index contributed by atoms with van der Waals surface area (Å²) < 4.78 is 0. The van der Waals surface area contributed by atoms with Gasteiger partial charge in [0.25, 0.3) is 0 Å². The molecule has 0 saturated carbocycles. The van der Waals surface area contributed by atoms with Crippen LogP contribution in [-0.2, 0) is 0 Å². The van der Waals surface area contributed by atoms with Crippen LogP contribution in [0.4, 0.5) is 0 Å². The van der Waals surface area contributed by atoms with Gasteiger partial charge in [-0.05, 0) is 19.3 Å². The molecular weight excluding hydrogens is 128 g/mol. The van der Waals surface area contributed by atoms with Gasteiger partial charge in [-0.3, -0.25) is 0 Å². The molecular formula is C7H22N2O. The van der Waals surface area contributed by atoms with E-state index in [4.69, 9.17) is 0 Å². The minimum atomic E-state index is -0.562. The van der Waals surface area contributed by atoms with E-state index >= 15 is 0 Å². The number of rotatable bonds is 0. The average Bonchev–Trinajstić information content (AvgIpc) is 1.25. The Kier molecular flexibility index (Phi) is 6.43. The molecule has 0 aromatic heterocycles. The molecule has 3 nitrogen and oxygen atoms in total. The Morgan fingerprint density at radius 1 is 0.800 bits per heavy atom. The fourth-order valence-corrected chi connectivity index (χ4v) is 0. The van der Waals surface area contributed by atoms with Gasteiger partial charge in [-0.25, -0.2) is 0 Å². The Morgan fingerprint density at radius 3 is 0.900 bits per heavy atom. The van der Waals surface area contributed by atoms with Crippen molar-refractivity contribution in [1.82, 2.24) is 12.3 Å². The van der Waals surface area contributed by atoms with Gasteiger partial charge in [0.05, 0.1) is 5.60 Å². The molecule has 66 valence electrons. The maximum absolute atomic E-state index is 9.35. The molecule has 0 aliphatic carbocycles. The van der Waals surface area contributed by atoms with Gasteiger partial charge < -0.3 is 17.4 Å². The Balaban J connectivity index is -0.000000245. The van der Waals surface area contributed by atoms with Crippen LogP contribution in [-0.4, -0.2) is 10.7 Å². The van der Waals surface area contributed by atoms with Crippen molar-refractivity contribution in [3.8, 4) is 0 Å². The summed E-state index contributed by atoms with van der Waals surface area (Å²) >= 11 is 0. The summed E-state index contributed by atoms with van der Waals surface area (Å²) in [6.45, 7) is 9.72. The van der Waals surface area contributed by atoms with Crippen molar-refractivity contribution in [2.45, 2.75) is 40.2 Å². The molecule has 7 N–H and O–H groups in total. The van der Waals surface area contributed by atoms with Crippen LogP contribution < -0.4 is 12.3 Å². The van der Waals surface area contributed by atoms with Crippen molar-refractivity contribution in [3.63, 3.8) is 0 Å². The first kappa shape index (κ1) is 16.5. The molecule has 0 heterocycles. The number of aliphatic hydroxyl groups is 1. The van der Waals surface area contributed by atoms with Crippen molar-refractivity contribution in [1.29, 1.82) is 0 Å². The Bertz CT molecular complexity index is 66.6. The molecule has 0 aromatic carbocycles. The lowest BCUT2D eigenvalue weighted by Gasteiger charge is -2.33. The van der Waals surface area contributed by atoms with Crippen molar-refractivity contribution in [2.75, 3.05) is 0 Å². The SMILES string of the molecule is CC(C)(C)C(C)(C)O.N.N. The van der Waals surface area contributed by atoms with Crippen LogP contribution in [0.1, 0.15) is 34.6 Å². The zero-order valence-corrected chi connectivity index (χ0v) is 7.86. The molecule has 0 rings (SSSR count). The fourth-order valence-electron chi connectivity index (χ4n) is 0. The first-order chi connectivity index (χ1) is 3.25. The molecule has 0 fully saturated rings. The average molecular weight is 150 g/mol. The second kappa shape index (κ2) is 3.91. The predicted molar refractivity (Wildman–Crippen MR) is 45.8 cm³/mol. The van der Waals surface area contributed by atoms with Gasteiger partial charge in [-0.2, -0.15) is 0 Å². The Morgan fingerprint density at radius 2 is 0.900 bits per heavy atom. The standard InChI is InChI=1S/C7H16O.2H3N/c1-6(2,3)7(4,5)8;;/h8H,1-5H3;2*1H3. The molecule has 0 aromatic rings. The molecule has 0 unspecified atom stereocenters. The zero-order chi connectivity index (χ0) is 7.00. The van der Waals surface area contributed by atoms with Crippen molar-refractivity contribution in [3.05, 3.63) is 0 Å². The van der Waals surface area contributed by atoms with E-state index in [1.54, 1.807) is 0 Å². The van der Waals surface area contributed by atoms with Crippen molar-refractivity contribution < 1.29 is 5.11 Å². The summed E-state index contributed by atoms with van der Waals surface area (Å²) in [6, 6.07) is 0. The smallest absolute Gasteiger partial charge is 0.0639 e. The van der Waals surface area contributed by atoms with Crippen molar-refractivity contribution >= 4 is 0 Å². The predicted octanol–water partition coefficient (Wildman–Crippen LogP) is 2.13. The van der Waals surface area contributed by atoms with E-state index in [1.807, 2.05) is 34.6 Å². The highest BCUT2D eigenvalue weighted by atomic mass is 16.3. The lowest BCUT2D eigenvalue weighted by molar-refractivity contribution is -0.0238. The molecule has 0 bridgehead atoms. The second-order valence-electron chi connectivity index (χ2n) is 3.81. The van der Waals surface area contributed by atoms with Gasteiger partial charge >= 0.3 is 0 Å². The first-order valence-corrected chi connectivity index (χ1v) is 2.97. The summed E-state index contributed by atoms with van der Waals surface area (Å²) in [5.41, 5.74) is -0.569. The molecule has 0 spiro atoms. The third-order valence-electron chi connectivity index (χ3n) is 1.84. The molecule has 0 radical (unpaired) electrons. The van der Waals surface area contributed by atoms with Gasteiger partial charge in [-0.15, -0.1) is 0 Å².